The molecule has 1 rings (SSSR count). The van der Waals surface area contributed by atoms with E-state index < -0.39 is 0 Å². The molecule has 2 unspecified atom stereocenters. The molecule has 1 fully saturated rings. The van der Waals surface area contributed by atoms with Crippen LogP contribution in [0.4, 0.5) is 0 Å². The van der Waals surface area contributed by atoms with Crippen molar-refractivity contribution in [2.75, 3.05) is 20.3 Å². The number of methoxy groups -OCH3 is 1. The molecule has 0 amide bonds. The highest BCUT2D eigenvalue weighted by molar-refractivity contribution is 4.80. The molecule has 0 aromatic rings. The molecule has 1 aliphatic carbocycles. The van der Waals surface area contributed by atoms with Gasteiger partial charge in [-0.2, -0.15) is 5.48 Å². The highest BCUT2D eigenvalue weighted by atomic mass is 16.7. The minimum absolute atomic E-state index is 0.538. The van der Waals surface area contributed by atoms with E-state index in [-0.39, 0.29) is 0 Å². The molecule has 2 atom stereocenters. The first-order chi connectivity index (χ1) is 7.25. The number of hydrogen-bond donors (Lipinski definition) is 1. The van der Waals surface area contributed by atoms with Crippen molar-refractivity contribution < 1.29 is 9.57 Å². The molecule has 0 radical (unpaired) electrons. The second-order valence-electron chi connectivity index (χ2n) is 4.76. The van der Waals surface area contributed by atoms with Gasteiger partial charge < -0.3 is 4.74 Å². The molecule has 3 heteroatoms. The van der Waals surface area contributed by atoms with E-state index in [1.165, 1.54) is 25.7 Å². The van der Waals surface area contributed by atoms with E-state index in [0.29, 0.717) is 19.3 Å². The third kappa shape index (κ3) is 4.49. The first-order valence-electron chi connectivity index (χ1n) is 6.12. The fourth-order valence-electron chi connectivity index (χ4n) is 2.39. The zero-order chi connectivity index (χ0) is 11.1. The van der Waals surface area contributed by atoms with Crippen molar-refractivity contribution in [3.8, 4) is 0 Å². The summed E-state index contributed by atoms with van der Waals surface area (Å²) in [4.78, 5) is 5.42. The van der Waals surface area contributed by atoms with E-state index in [2.05, 4.69) is 19.3 Å². The Morgan fingerprint density at radius 1 is 1.20 bits per heavy atom. The van der Waals surface area contributed by atoms with Crippen LogP contribution < -0.4 is 5.48 Å². The number of rotatable bonds is 6. The Morgan fingerprint density at radius 2 is 1.93 bits per heavy atom. The third-order valence-electron chi connectivity index (χ3n) is 3.30. The lowest BCUT2D eigenvalue weighted by Crippen LogP contribution is -2.41. The van der Waals surface area contributed by atoms with Gasteiger partial charge in [-0.1, -0.05) is 26.7 Å². The maximum absolute atomic E-state index is 5.42. The number of nitrogens with one attached hydrogen (secondary N) is 1. The van der Waals surface area contributed by atoms with Crippen LogP contribution >= 0.6 is 0 Å². The minimum atomic E-state index is 0.538. The number of hydroxylamine groups is 1. The topological polar surface area (TPSA) is 30.5 Å². The zero-order valence-corrected chi connectivity index (χ0v) is 10.3. The molecule has 0 bridgehead atoms. The molecule has 1 N–H and O–H groups in total. The Morgan fingerprint density at radius 3 is 2.60 bits per heavy atom. The Kier molecular flexibility index (Phi) is 6.22. The predicted octanol–water partition coefficient (Wildman–Crippen LogP) is 2.37. The van der Waals surface area contributed by atoms with Crippen LogP contribution in [0.25, 0.3) is 0 Å². The molecule has 1 aliphatic rings. The first kappa shape index (κ1) is 12.9. The standard InChI is InChI=1S/C12H25NO2/c1-10(2)11-6-4-5-7-12(11)13-15-9-8-14-3/h10-13H,4-9H2,1-3H3. The lowest BCUT2D eigenvalue weighted by Gasteiger charge is -2.34. The summed E-state index contributed by atoms with van der Waals surface area (Å²) in [6, 6.07) is 0.538. The van der Waals surface area contributed by atoms with E-state index in [1.807, 2.05) is 0 Å². The molecule has 15 heavy (non-hydrogen) atoms. The first-order valence-corrected chi connectivity index (χ1v) is 6.12. The molecule has 0 aromatic carbocycles. The van der Waals surface area contributed by atoms with Crippen molar-refractivity contribution in [1.82, 2.24) is 5.48 Å². The van der Waals surface area contributed by atoms with Gasteiger partial charge in [0.25, 0.3) is 0 Å². The van der Waals surface area contributed by atoms with Crippen molar-refractivity contribution in [3.05, 3.63) is 0 Å². The molecule has 0 aromatic heterocycles. The molecular formula is C12H25NO2. The van der Waals surface area contributed by atoms with E-state index in [4.69, 9.17) is 9.57 Å². The van der Waals surface area contributed by atoms with Crippen molar-refractivity contribution in [2.45, 2.75) is 45.6 Å². The van der Waals surface area contributed by atoms with Crippen LogP contribution in [0.1, 0.15) is 39.5 Å². The highest BCUT2D eigenvalue weighted by Gasteiger charge is 2.27. The van der Waals surface area contributed by atoms with Gasteiger partial charge in [-0.3, -0.25) is 4.84 Å². The molecule has 90 valence electrons. The van der Waals surface area contributed by atoms with E-state index in [0.717, 1.165) is 11.8 Å². The van der Waals surface area contributed by atoms with Gasteiger partial charge in [-0.25, -0.2) is 0 Å². The summed E-state index contributed by atoms with van der Waals surface area (Å²) in [5.41, 5.74) is 3.21. The Labute approximate surface area is 93.5 Å². The summed E-state index contributed by atoms with van der Waals surface area (Å²) in [6.07, 6.45) is 5.28. The van der Waals surface area contributed by atoms with E-state index in [9.17, 15) is 0 Å². The lowest BCUT2D eigenvalue weighted by molar-refractivity contribution is -0.0357. The van der Waals surface area contributed by atoms with Gasteiger partial charge in [-0.15, -0.1) is 0 Å². The Balaban J connectivity index is 2.23. The van der Waals surface area contributed by atoms with Gasteiger partial charge >= 0.3 is 0 Å². The van der Waals surface area contributed by atoms with Crippen LogP contribution in [0.15, 0.2) is 0 Å². The normalized spacial score (nSPS) is 27.2. The summed E-state index contributed by atoms with van der Waals surface area (Å²) in [5, 5.41) is 0. The predicted molar refractivity (Wildman–Crippen MR) is 61.5 cm³/mol. The summed E-state index contributed by atoms with van der Waals surface area (Å²) in [5.74, 6) is 1.51. The summed E-state index contributed by atoms with van der Waals surface area (Å²) in [6.45, 7) is 5.91. The number of ether oxygens (including phenoxy) is 1. The van der Waals surface area contributed by atoms with Gasteiger partial charge in [0.05, 0.1) is 13.2 Å². The minimum Gasteiger partial charge on any atom is -0.382 e. The highest BCUT2D eigenvalue weighted by Crippen LogP contribution is 2.30. The van der Waals surface area contributed by atoms with Crippen LogP contribution in [-0.4, -0.2) is 26.4 Å². The van der Waals surface area contributed by atoms with Gasteiger partial charge in [0.15, 0.2) is 0 Å². The van der Waals surface area contributed by atoms with Crippen molar-refractivity contribution in [3.63, 3.8) is 0 Å². The fourth-order valence-corrected chi connectivity index (χ4v) is 2.39. The molecule has 3 nitrogen and oxygen atoms in total. The van der Waals surface area contributed by atoms with Gasteiger partial charge in [0.1, 0.15) is 0 Å². The Bertz CT molecular complexity index is 162. The average molecular weight is 215 g/mol. The van der Waals surface area contributed by atoms with Crippen LogP contribution in [0, 0.1) is 11.8 Å². The van der Waals surface area contributed by atoms with Crippen LogP contribution in [0.2, 0.25) is 0 Å². The monoisotopic (exact) mass is 215 g/mol. The number of hydrogen-bond acceptors (Lipinski definition) is 3. The molecular weight excluding hydrogens is 190 g/mol. The molecule has 0 saturated heterocycles. The summed E-state index contributed by atoms with van der Waals surface area (Å²) >= 11 is 0. The largest absolute Gasteiger partial charge is 0.382 e. The average Bonchev–Trinajstić information content (AvgIpc) is 2.25. The quantitative estimate of drug-likeness (QED) is 0.545. The van der Waals surface area contributed by atoms with E-state index >= 15 is 0 Å². The smallest absolute Gasteiger partial charge is 0.0915 e. The summed E-state index contributed by atoms with van der Waals surface area (Å²) in [7, 11) is 1.70. The van der Waals surface area contributed by atoms with E-state index in [1.54, 1.807) is 7.11 Å². The van der Waals surface area contributed by atoms with Crippen molar-refractivity contribution >= 4 is 0 Å². The van der Waals surface area contributed by atoms with Crippen molar-refractivity contribution in [1.29, 1.82) is 0 Å². The van der Waals surface area contributed by atoms with Gasteiger partial charge in [0.2, 0.25) is 0 Å². The maximum atomic E-state index is 5.42. The molecule has 0 spiro atoms. The van der Waals surface area contributed by atoms with Crippen LogP contribution in [-0.2, 0) is 9.57 Å². The van der Waals surface area contributed by atoms with Crippen LogP contribution in [0.3, 0.4) is 0 Å². The van der Waals surface area contributed by atoms with Gasteiger partial charge in [-0.05, 0) is 24.7 Å². The van der Waals surface area contributed by atoms with Gasteiger partial charge in [0, 0.05) is 13.2 Å². The maximum Gasteiger partial charge on any atom is 0.0915 e. The van der Waals surface area contributed by atoms with Crippen molar-refractivity contribution in [2.24, 2.45) is 11.8 Å². The second kappa shape index (κ2) is 7.20. The third-order valence-corrected chi connectivity index (χ3v) is 3.30. The second-order valence-corrected chi connectivity index (χ2v) is 4.76. The summed E-state index contributed by atoms with van der Waals surface area (Å²) < 4.78 is 4.94. The molecule has 0 aliphatic heterocycles. The Hall–Kier alpha value is -0.120. The van der Waals surface area contributed by atoms with Crippen LogP contribution in [0.5, 0.6) is 0 Å². The molecule has 1 saturated carbocycles. The lowest BCUT2D eigenvalue weighted by atomic mass is 9.78. The zero-order valence-electron chi connectivity index (χ0n) is 10.3. The fraction of sp³-hybridized carbons (Fsp3) is 1.00. The SMILES string of the molecule is COCCONC1CCCCC1C(C)C. The molecule has 0 heterocycles.